The highest BCUT2D eigenvalue weighted by Gasteiger charge is 2.46. The lowest BCUT2D eigenvalue weighted by Crippen LogP contribution is -2.61. The summed E-state index contributed by atoms with van der Waals surface area (Å²) in [5.41, 5.74) is 6.48. The van der Waals surface area contributed by atoms with Crippen molar-refractivity contribution >= 4 is 35.6 Å². The molecule has 0 bridgehead atoms. The van der Waals surface area contributed by atoms with E-state index in [0.717, 1.165) is 24.0 Å². The molecule has 4 rings (SSSR count). The monoisotopic (exact) mass is 682 g/mol. The normalized spacial score (nSPS) is 21.2. The van der Waals surface area contributed by atoms with E-state index in [1.807, 2.05) is 72.7 Å². The Morgan fingerprint density at radius 3 is 2.06 bits per heavy atom. The minimum Gasteiger partial charge on any atom is -0.447 e. The maximum absolute atomic E-state index is 14.5. The van der Waals surface area contributed by atoms with Gasteiger partial charge in [-0.3, -0.25) is 19.2 Å². The van der Waals surface area contributed by atoms with Crippen molar-refractivity contribution in [3.8, 4) is 0 Å². The van der Waals surface area contributed by atoms with Crippen molar-refractivity contribution in [1.29, 1.82) is 0 Å². The molecule has 2 aliphatic carbocycles. The number of likely N-dealkylation sites (tertiary alicyclic amines) is 1. The lowest BCUT2D eigenvalue weighted by Gasteiger charge is -2.35. The van der Waals surface area contributed by atoms with E-state index in [4.69, 9.17) is 10.5 Å². The third kappa shape index (κ3) is 10.2. The van der Waals surface area contributed by atoms with Gasteiger partial charge < -0.3 is 36.6 Å². The Morgan fingerprint density at radius 2 is 1.53 bits per heavy atom. The standard InChI is InChI=1S/C36H54N6O7/c1-20-14-15-42(28(20)31(45)38-25(16-21-12-13-21)29(43)30(37)44)32(46)27(24-17-22-10-8-9-11-23(22)18-24)40-33(47)39-26(35(2,3)4)19-49-34(48)41-36(5,6)7/h8-11,20-21,24-28H,12-19H2,1-7H3,(H2,37,44)(H,38,45)(H,41,48)(H2,39,40,47)/t20-,25?,26+,27?,28?/m0/s1. The van der Waals surface area contributed by atoms with E-state index < -0.39 is 70.8 Å². The van der Waals surface area contributed by atoms with Gasteiger partial charge in [0.15, 0.2) is 0 Å². The highest BCUT2D eigenvalue weighted by molar-refractivity contribution is 6.37. The van der Waals surface area contributed by atoms with Gasteiger partial charge in [-0.1, -0.05) is 64.8 Å². The highest BCUT2D eigenvalue weighted by atomic mass is 16.5. The number of amides is 6. The molecular formula is C36H54N6O7. The first kappa shape index (κ1) is 37.7. The van der Waals surface area contributed by atoms with Gasteiger partial charge in [0, 0.05) is 12.1 Å². The molecule has 0 aromatic heterocycles. The number of primary amides is 1. The van der Waals surface area contributed by atoms with E-state index in [9.17, 15) is 28.8 Å². The zero-order valence-electron chi connectivity index (χ0n) is 29.9. The lowest BCUT2D eigenvalue weighted by molar-refractivity contribution is -0.143. The average Bonchev–Trinajstić information content (AvgIpc) is 3.57. The molecule has 1 aromatic carbocycles. The number of benzene rings is 1. The van der Waals surface area contributed by atoms with Gasteiger partial charge >= 0.3 is 12.1 Å². The molecule has 3 aliphatic rings. The molecule has 1 heterocycles. The Hall–Kier alpha value is -4.16. The van der Waals surface area contributed by atoms with E-state index in [2.05, 4.69) is 21.3 Å². The number of alkyl carbamates (subject to hydrolysis) is 1. The summed E-state index contributed by atoms with van der Waals surface area (Å²) in [5.74, 6) is -3.15. The lowest BCUT2D eigenvalue weighted by atomic mass is 9.87. The molecule has 1 aliphatic heterocycles. The molecule has 5 atom stereocenters. The number of fused-ring (bicyclic) bond motifs is 1. The summed E-state index contributed by atoms with van der Waals surface area (Å²) in [6, 6.07) is 3.79. The van der Waals surface area contributed by atoms with Crippen molar-refractivity contribution in [2.24, 2.45) is 28.9 Å². The Labute approximate surface area is 289 Å². The van der Waals surface area contributed by atoms with Crippen LogP contribution in [0.15, 0.2) is 24.3 Å². The summed E-state index contributed by atoms with van der Waals surface area (Å²) >= 11 is 0. The topological polar surface area (TPSA) is 189 Å². The Bertz CT molecular complexity index is 1400. The molecule has 1 saturated heterocycles. The number of carbonyl (C=O) groups is 6. The van der Waals surface area contributed by atoms with Gasteiger partial charge in [-0.2, -0.15) is 0 Å². The van der Waals surface area contributed by atoms with Crippen LogP contribution in [0.5, 0.6) is 0 Å². The van der Waals surface area contributed by atoms with Gasteiger partial charge in [0.2, 0.25) is 17.6 Å². The second-order valence-electron chi connectivity index (χ2n) is 16.1. The summed E-state index contributed by atoms with van der Waals surface area (Å²) in [7, 11) is 0. The van der Waals surface area contributed by atoms with Crippen LogP contribution in [0.1, 0.15) is 85.3 Å². The zero-order chi connectivity index (χ0) is 36.3. The van der Waals surface area contributed by atoms with Gasteiger partial charge in [0.05, 0.1) is 12.1 Å². The molecule has 270 valence electrons. The largest absolute Gasteiger partial charge is 0.447 e. The number of Topliss-reactive ketones (excluding diaryl/α,β-unsaturated/α-hetero) is 1. The summed E-state index contributed by atoms with van der Waals surface area (Å²) in [4.78, 5) is 80.2. The van der Waals surface area contributed by atoms with Crippen LogP contribution < -0.4 is 27.0 Å². The molecule has 13 heteroatoms. The predicted octanol–water partition coefficient (Wildman–Crippen LogP) is 2.58. The fraction of sp³-hybridized carbons (Fsp3) is 0.667. The summed E-state index contributed by atoms with van der Waals surface area (Å²) in [6.45, 7) is 13.3. The van der Waals surface area contributed by atoms with Crippen LogP contribution in [0.4, 0.5) is 9.59 Å². The number of urea groups is 1. The average molecular weight is 683 g/mol. The van der Waals surface area contributed by atoms with Crippen LogP contribution in [0, 0.1) is 23.2 Å². The number of rotatable bonds is 12. The second-order valence-corrected chi connectivity index (χ2v) is 16.1. The van der Waals surface area contributed by atoms with E-state index in [-0.39, 0.29) is 30.9 Å². The molecule has 3 unspecified atom stereocenters. The third-order valence-electron chi connectivity index (χ3n) is 9.71. The van der Waals surface area contributed by atoms with E-state index in [0.29, 0.717) is 25.7 Å². The number of hydrogen-bond donors (Lipinski definition) is 5. The van der Waals surface area contributed by atoms with Crippen molar-refractivity contribution < 1.29 is 33.5 Å². The van der Waals surface area contributed by atoms with Crippen molar-refractivity contribution in [1.82, 2.24) is 26.2 Å². The predicted molar refractivity (Wildman–Crippen MR) is 183 cm³/mol. The number of carbonyl (C=O) groups excluding carboxylic acids is 6. The number of hydrogen-bond acceptors (Lipinski definition) is 7. The van der Waals surface area contributed by atoms with Crippen molar-refractivity contribution in [3.63, 3.8) is 0 Å². The molecule has 6 N–H and O–H groups in total. The van der Waals surface area contributed by atoms with Crippen LogP contribution >= 0.6 is 0 Å². The van der Waals surface area contributed by atoms with Gasteiger partial charge in [-0.05, 0) is 80.8 Å². The number of ether oxygens (including phenoxy) is 1. The van der Waals surface area contributed by atoms with Gasteiger partial charge in [-0.25, -0.2) is 9.59 Å². The van der Waals surface area contributed by atoms with Crippen LogP contribution in [0.25, 0.3) is 0 Å². The molecular weight excluding hydrogens is 628 g/mol. The molecule has 6 amide bonds. The fourth-order valence-corrected chi connectivity index (χ4v) is 6.68. The van der Waals surface area contributed by atoms with Crippen molar-refractivity contribution in [2.75, 3.05) is 13.2 Å². The molecule has 0 radical (unpaired) electrons. The Kier molecular flexibility index (Phi) is 11.7. The number of nitrogens with zero attached hydrogens (tertiary/aromatic N) is 1. The Morgan fingerprint density at radius 1 is 0.918 bits per heavy atom. The van der Waals surface area contributed by atoms with E-state index in [1.165, 1.54) is 4.90 Å². The molecule has 13 nitrogen and oxygen atoms in total. The zero-order valence-corrected chi connectivity index (χ0v) is 29.9. The third-order valence-corrected chi connectivity index (χ3v) is 9.71. The van der Waals surface area contributed by atoms with Crippen molar-refractivity contribution in [3.05, 3.63) is 35.4 Å². The van der Waals surface area contributed by atoms with Crippen LogP contribution in [-0.4, -0.2) is 83.4 Å². The molecule has 0 spiro atoms. The first-order valence-corrected chi connectivity index (χ1v) is 17.4. The number of ketones is 1. The first-order chi connectivity index (χ1) is 22.8. The van der Waals surface area contributed by atoms with Gasteiger partial charge in [0.25, 0.3) is 5.91 Å². The quantitative estimate of drug-likeness (QED) is 0.210. The van der Waals surface area contributed by atoms with Gasteiger partial charge in [0.1, 0.15) is 18.7 Å². The van der Waals surface area contributed by atoms with Gasteiger partial charge in [-0.15, -0.1) is 0 Å². The summed E-state index contributed by atoms with van der Waals surface area (Å²) in [5, 5.41) is 11.3. The maximum atomic E-state index is 14.5. The first-order valence-electron chi connectivity index (χ1n) is 17.4. The number of nitrogens with two attached hydrogens (primary N) is 1. The van der Waals surface area contributed by atoms with E-state index in [1.54, 1.807) is 0 Å². The van der Waals surface area contributed by atoms with Crippen LogP contribution in [0.2, 0.25) is 0 Å². The molecule has 49 heavy (non-hydrogen) atoms. The number of nitrogens with one attached hydrogen (secondary N) is 4. The van der Waals surface area contributed by atoms with Crippen LogP contribution in [0.3, 0.4) is 0 Å². The van der Waals surface area contributed by atoms with Crippen LogP contribution in [-0.2, 0) is 36.8 Å². The highest BCUT2D eigenvalue weighted by Crippen LogP contribution is 2.35. The summed E-state index contributed by atoms with van der Waals surface area (Å²) < 4.78 is 5.46. The second kappa shape index (κ2) is 15.2. The minimum absolute atomic E-state index is 0.0930. The minimum atomic E-state index is -1.11. The fourth-order valence-electron chi connectivity index (χ4n) is 6.68. The van der Waals surface area contributed by atoms with E-state index >= 15 is 0 Å². The van der Waals surface area contributed by atoms with Crippen molar-refractivity contribution in [2.45, 2.75) is 117 Å². The SMILES string of the molecule is C[C@H]1CCN(C(=O)C(NC(=O)N[C@H](COC(=O)NC(C)(C)C)C(C)(C)C)C2Cc3ccccc3C2)C1C(=O)NC(CC1CC1)C(=O)C(N)=O. The molecule has 1 saturated carbocycles. The molecule has 1 aromatic rings. The Balaban J connectivity index is 1.53. The summed E-state index contributed by atoms with van der Waals surface area (Å²) in [6.07, 6.45) is 3.20. The molecule has 2 fully saturated rings. The smallest absolute Gasteiger partial charge is 0.407 e. The maximum Gasteiger partial charge on any atom is 0.407 e.